The van der Waals surface area contributed by atoms with E-state index in [-0.39, 0.29) is 23.5 Å². The standard InChI is InChI=1S/C17H20N2O4/c1-11(2)9-16(20)18-14-10-12(22-3)6-7-13(14)19-17(21)15-5-4-8-23-15/h4-8,10-11H,9H2,1-3H3,(H,18,20)(H,19,21). The van der Waals surface area contributed by atoms with E-state index in [1.54, 1.807) is 30.3 Å². The maximum absolute atomic E-state index is 12.1. The first kappa shape index (κ1) is 16.6. The largest absolute Gasteiger partial charge is 0.497 e. The highest BCUT2D eigenvalue weighted by Crippen LogP contribution is 2.28. The van der Waals surface area contributed by atoms with Crippen LogP contribution in [0.4, 0.5) is 11.4 Å². The number of nitrogens with one attached hydrogen (secondary N) is 2. The minimum atomic E-state index is -0.389. The Morgan fingerprint density at radius 2 is 1.96 bits per heavy atom. The van der Waals surface area contributed by atoms with Crippen molar-refractivity contribution in [2.24, 2.45) is 5.92 Å². The molecule has 0 radical (unpaired) electrons. The lowest BCUT2D eigenvalue weighted by molar-refractivity contribution is -0.116. The molecule has 0 aliphatic carbocycles. The van der Waals surface area contributed by atoms with Crippen LogP contribution in [-0.2, 0) is 4.79 Å². The van der Waals surface area contributed by atoms with Crippen LogP contribution in [0.15, 0.2) is 41.0 Å². The molecule has 2 aromatic rings. The molecule has 1 aromatic carbocycles. The summed E-state index contributed by atoms with van der Waals surface area (Å²) in [6.45, 7) is 3.93. The zero-order valence-corrected chi connectivity index (χ0v) is 13.4. The van der Waals surface area contributed by atoms with Crippen molar-refractivity contribution in [1.29, 1.82) is 0 Å². The zero-order valence-electron chi connectivity index (χ0n) is 13.4. The third kappa shape index (κ3) is 4.60. The van der Waals surface area contributed by atoms with E-state index < -0.39 is 0 Å². The van der Waals surface area contributed by atoms with E-state index in [1.165, 1.54) is 13.4 Å². The number of anilines is 2. The molecule has 0 bridgehead atoms. The molecule has 1 aromatic heterocycles. The number of amides is 2. The fourth-order valence-electron chi connectivity index (χ4n) is 2.03. The van der Waals surface area contributed by atoms with Gasteiger partial charge in [0.25, 0.3) is 5.91 Å². The predicted molar refractivity (Wildman–Crippen MR) is 87.7 cm³/mol. The first-order valence-electron chi connectivity index (χ1n) is 7.32. The first-order valence-corrected chi connectivity index (χ1v) is 7.32. The van der Waals surface area contributed by atoms with Crippen LogP contribution < -0.4 is 15.4 Å². The molecule has 2 N–H and O–H groups in total. The summed E-state index contributed by atoms with van der Waals surface area (Å²) in [7, 11) is 1.54. The number of carbonyl (C=O) groups excluding carboxylic acids is 2. The highest BCUT2D eigenvalue weighted by molar-refractivity contribution is 6.05. The number of carbonyl (C=O) groups is 2. The van der Waals surface area contributed by atoms with E-state index in [0.29, 0.717) is 23.5 Å². The summed E-state index contributed by atoms with van der Waals surface area (Å²) in [5, 5.41) is 5.52. The van der Waals surface area contributed by atoms with Crippen molar-refractivity contribution in [3.63, 3.8) is 0 Å². The van der Waals surface area contributed by atoms with Crippen LogP contribution in [0.2, 0.25) is 0 Å². The summed E-state index contributed by atoms with van der Waals surface area (Å²) in [5.74, 6) is 0.504. The van der Waals surface area contributed by atoms with E-state index in [1.807, 2.05) is 13.8 Å². The lowest BCUT2D eigenvalue weighted by Crippen LogP contribution is -2.17. The Morgan fingerprint density at radius 3 is 2.57 bits per heavy atom. The van der Waals surface area contributed by atoms with Crippen molar-refractivity contribution >= 4 is 23.2 Å². The maximum Gasteiger partial charge on any atom is 0.291 e. The molecule has 0 spiro atoms. The molecule has 0 aliphatic heterocycles. The molecule has 0 aliphatic rings. The molecule has 0 saturated carbocycles. The number of furan rings is 1. The van der Waals surface area contributed by atoms with Gasteiger partial charge in [0.2, 0.25) is 5.91 Å². The molecule has 0 fully saturated rings. The molecule has 2 rings (SSSR count). The van der Waals surface area contributed by atoms with Crippen molar-refractivity contribution in [1.82, 2.24) is 0 Å². The molecule has 23 heavy (non-hydrogen) atoms. The lowest BCUT2D eigenvalue weighted by atomic mass is 10.1. The third-order valence-electron chi connectivity index (χ3n) is 3.09. The van der Waals surface area contributed by atoms with Gasteiger partial charge in [-0.05, 0) is 30.2 Å². The topological polar surface area (TPSA) is 80.6 Å². The summed E-state index contributed by atoms with van der Waals surface area (Å²) < 4.78 is 10.2. The Balaban J connectivity index is 2.20. The molecule has 2 amide bonds. The van der Waals surface area contributed by atoms with Gasteiger partial charge in [-0.2, -0.15) is 0 Å². The zero-order chi connectivity index (χ0) is 16.8. The number of hydrogen-bond donors (Lipinski definition) is 2. The minimum absolute atomic E-state index is 0.123. The van der Waals surface area contributed by atoms with Crippen molar-refractivity contribution in [3.05, 3.63) is 42.4 Å². The summed E-state index contributed by atoms with van der Waals surface area (Å²) in [6.07, 6.45) is 1.82. The van der Waals surface area contributed by atoms with Gasteiger partial charge in [-0.3, -0.25) is 9.59 Å². The fourth-order valence-corrected chi connectivity index (χ4v) is 2.03. The van der Waals surface area contributed by atoms with E-state index in [4.69, 9.17) is 9.15 Å². The molecule has 1 heterocycles. The first-order chi connectivity index (χ1) is 11.0. The average Bonchev–Trinajstić information content (AvgIpc) is 3.02. The Hall–Kier alpha value is -2.76. The smallest absolute Gasteiger partial charge is 0.291 e. The third-order valence-corrected chi connectivity index (χ3v) is 3.09. The normalized spacial score (nSPS) is 10.4. The Labute approximate surface area is 134 Å². The Kier molecular flexibility index (Phi) is 5.41. The highest BCUT2D eigenvalue weighted by atomic mass is 16.5. The number of methoxy groups -OCH3 is 1. The van der Waals surface area contributed by atoms with Crippen molar-refractivity contribution < 1.29 is 18.7 Å². The molecule has 0 saturated heterocycles. The van der Waals surface area contributed by atoms with Crippen LogP contribution >= 0.6 is 0 Å². The molecule has 0 atom stereocenters. The molecule has 0 unspecified atom stereocenters. The van der Waals surface area contributed by atoms with Gasteiger partial charge < -0.3 is 19.8 Å². The number of ether oxygens (including phenoxy) is 1. The minimum Gasteiger partial charge on any atom is -0.497 e. The molecular formula is C17H20N2O4. The van der Waals surface area contributed by atoms with Crippen molar-refractivity contribution in [2.45, 2.75) is 20.3 Å². The van der Waals surface area contributed by atoms with Crippen LogP contribution in [0.5, 0.6) is 5.75 Å². The summed E-state index contributed by atoms with van der Waals surface area (Å²) in [4.78, 5) is 24.1. The second-order valence-electron chi connectivity index (χ2n) is 5.49. The van der Waals surface area contributed by atoms with Gasteiger partial charge in [0.15, 0.2) is 5.76 Å². The second-order valence-corrected chi connectivity index (χ2v) is 5.49. The van der Waals surface area contributed by atoms with Crippen molar-refractivity contribution in [2.75, 3.05) is 17.7 Å². The van der Waals surface area contributed by atoms with Gasteiger partial charge in [-0.25, -0.2) is 0 Å². The number of hydrogen-bond acceptors (Lipinski definition) is 4. The Bertz CT molecular complexity index is 678. The lowest BCUT2D eigenvalue weighted by Gasteiger charge is -2.14. The van der Waals surface area contributed by atoms with Crippen LogP contribution in [0.1, 0.15) is 30.8 Å². The van der Waals surface area contributed by atoms with Crippen LogP contribution in [-0.4, -0.2) is 18.9 Å². The highest BCUT2D eigenvalue weighted by Gasteiger charge is 2.14. The van der Waals surface area contributed by atoms with Gasteiger partial charge in [-0.1, -0.05) is 13.8 Å². The number of benzene rings is 1. The Morgan fingerprint density at radius 1 is 1.17 bits per heavy atom. The van der Waals surface area contributed by atoms with Gasteiger partial charge >= 0.3 is 0 Å². The maximum atomic E-state index is 12.1. The van der Waals surface area contributed by atoms with E-state index in [2.05, 4.69) is 10.6 Å². The number of rotatable bonds is 6. The van der Waals surface area contributed by atoms with Crippen LogP contribution in [0.3, 0.4) is 0 Å². The van der Waals surface area contributed by atoms with E-state index >= 15 is 0 Å². The summed E-state index contributed by atoms with van der Waals surface area (Å²) >= 11 is 0. The van der Waals surface area contributed by atoms with Crippen LogP contribution in [0.25, 0.3) is 0 Å². The van der Waals surface area contributed by atoms with Crippen molar-refractivity contribution in [3.8, 4) is 5.75 Å². The second kappa shape index (κ2) is 7.49. The average molecular weight is 316 g/mol. The molecule has 122 valence electrons. The summed E-state index contributed by atoms with van der Waals surface area (Å²) in [5.41, 5.74) is 0.958. The molecule has 6 nitrogen and oxygen atoms in total. The van der Waals surface area contributed by atoms with Gasteiger partial charge in [-0.15, -0.1) is 0 Å². The SMILES string of the molecule is COc1ccc(NC(=O)c2ccco2)c(NC(=O)CC(C)C)c1. The molecular weight excluding hydrogens is 296 g/mol. The van der Waals surface area contributed by atoms with E-state index in [9.17, 15) is 9.59 Å². The van der Waals surface area contributed by atoms with Gasteiger partial charge in [0.05, 0.1) is 24.7 Å². The van der Waals surface area contributed by atoms with Gasteiger partial charge in [0, 0.05) is 12.5 Å². The van der Waals surface area contributed by atoms with E-state index in [0.717, 1.165) is 0 Å². The quantitative estimate of drug-likeness (QED) is 0.854. The fraction of sp³-hybridized carbons (Fsp3) is 0.294. The predicted octanol–water partition coefficient (Wildman–Crippen LogP) is 3.53. The van der Waals surface area contributed by atoms with Gasteiger partial charge in [0.1, 0.15) is 5.75 Å². The van der Waals surface area contributed by atoms with Crippen LogP contribution in [0, 0.1) is 5.92 Å². The summed E-state index contributed by atoms with van der Waals surface area (Å²) in [6, 6.07) is 8.24. The molecule has 6 heteroatoms. The monoisotopic (exact) mass is 316 g/mol.